The summed E-state index contributed by atoms with van der Waals surface area (Å²) in [4.78, 5) is 15.7. The molecule has 0 aliphatic heterocycles. The van der Waals surface area contributed by atoms with Crippen LogP contribution < -0.4 is 15.4 Å². The fraction of sp³-hybridized carbons (Fsp3) is 0.538. The molecule has 19 heavy (non-hydrogen) atoms. The van der Waals surface area contributed by atoms with Crippen LogP contribution >= 0.6 is 0 Å². The van der Waals surface area contributed by atoms with Crippen LogP contribution in [0.15, 0.2) is 18.3 Å². The zero-order valence-corrected chi connectivity index (χ0v) is 11.6. The van der Waals surface area contributed by atoms with Crippen molar-refractivity contribution in [3.8, 4) is 5.88 Å². The summed E-state index contributed by atoms with van der Waals surface area (Å²) in [6.45, 7) is 4.92. The molecular formula is C13H21N3O3. The predicted octanol–water partition coefficient (Wildman–Crippen LogP) is 2.03. The van der Waals surface area contributed by atoms with Crippen molar-refractivity contribution >= 4 is 11.7 Å². The van der Waals surface area contributed by atoms with E-state index in [1.165, 1.54) is 0 Å². The minimum absolute atomic E-state index is 0.143. The van der Waals surface area contributed by atoms with Crippen LogP contribution in [0.5, 0.6) is 5.88 Å². The maximum absolute atomic E-state index is 11.6. The molecule has 6 heteroatoms. The Morgan fingerprint density at radius 1 is 1.42 bits per heavy atom. The lowest BCUT2D eigenvalue weighted by Crippen LogP contribution is -2.35. The minimum Gasteiger partial charge on any atom is -0.475 e. The van der Waals surface area contributed by atoms with Crippen molar-refractivity contribution in [3.05, 3.63) is 18.3 Å². The molecule has 0 saturated carbocycles. The number of nitrogens with one attached hydrogen (secondary N) is 2. The number of anilines is 1. The molecule has 1 heterocycles. The molecule has 1 rings (SSSR count). The molecular weight excluding hydrogens is 246 g/mol. The van der Waals surface area contributed by atoms with Gasteiger partial charge >= 0.3 is 6.03 Å². The number of pyridine rings is 1. The topological polar surface area (TPSA) is 72.5 Å². The maximum atomic E-state index is 11.6. The highest BCUT2D eigenvalue weighted by molar-refractivity contribution is 5.89. The van der Waals surface area contributed by atoms with Crippen LogP contribution in [0, 0.1) is 0 Å². The normalized spacial score (nSPS) is 11.7. The summed E-state index contributed by atoms with van der Waals surface area (Å²) >= 11 is 0. The zero-order chi connectivity index (χ0) is 14.1. The lowest BCUT2D eigenvalue weighted by molar-refractivity contribution is 0.144. The molecule has 0 aliphatic carbocycles. The molecule has 0 spiro atoms. The highest BCUT2D eigenvalue weighted by atomic mass is 16.5. The molecule has 2 amide bonds. The lowest BCUT2D eigenvalue weighted by atomic mass is 10.3. The first-order valence-corrected chi connectivity index (χ1v) is 6.31. The number of rotatable bonds is 7. The maximum Gasteiger partial charge on any atom is 0.319 e. The number of methoxy groups -OCH3 is 1. The van der Waals surface area contributed by atoms with Crippen molar-refractivity contribution in [1.29, 1.82) is 0 Å². The van der Waals surface area contributed by atoms with E-state index in [1.54, 1.807) is 25.4 Å². The molecule has 0 radical (unpaired) electrons. The lowest BCUT2D eigenvalue weighted by Gasteiger charge is -2.12. The van der Waals surface area contributed by atoms with Crippen LogP contribution in [0.4, 0.5) is 10.5 Å². The number of urea groups is 1. The summed E-state index contributed by atoms with van der Waals surface area (Å²) in [6.07, 6.45) is 2.44. The van der Waals surface area contributed by atoms with Crippen molar-refractivity contribution in [1.82, 2.24) is 10.3 Å². The SMILES string of the molecule is CCC(C)NC(=O)Nc1ccc(OCCOC)nc1. The molecule has 1 aromatic heterocycles. The summed E-state index contributed by atoms with van der Waals surface area (Å²) in [5, 5.41) is 5.52. The van der Waals surface area contributed by atoms with Crippen molar-refractivity contribution in [2.24, 2.45) is 0 Å². The number of aromatic nitrogens is 1. The summed E-state index contributed by atoms with van der Waals surface area (Å²) in [6, 6.07) is 3.36. The second-order valence-electron chi connectivity index (χ2n) is 4.13. The molecule has 0 fully saturated rings. The fourth-order valence-electron chi connectivity index (χ4n) is 1.26. The predicted molar refractivity (Wildman–Crippen MR) is 73.5 cm³/mol. The average Bonchev–Trinajstić information content (AvgIpc) is 2.40. The molecule has 1 unspecified atom stereocenters. The number of nitrogens with zero attached hydrogens (tertiary/aromatic N) is 1. The Kier molecular flexibility index (Phi) is 6.67. The Bertz CT molecular complexity index is 381. The summed E-state index contributed by atoms with van der Waals surface area (Å²) in [5.74, 6) is 0.505. The Balaban J connectivity index is 2.41. The largest absolute Gasteiger partial charge is 0.475 e. The average molecular weight is 267 g/mol. The van der Waals surface area contributed by atoms with Gasteiger partial charge in [-0.05, 0) is 19.4 Å². The van der Waals surface area contributed by atoms with E-state index < -0.39 is 0 Å². The number of ether oxygens (including phenoxy) is 2. The molecule has 0 saturated heterocycles. The molecule has 6 nitrogen and oxygen atoms in total. The first-order valence-electron chi connectivity index (χ1n) is 6.31. The second-order valence-corrected chi connectivity index (χ2v) is 4.13. The van der Waals surface area contributed by atoms with Crippen LogP contribution in [-0.2, 0) is 4.74 Å². The van der Waals surface area contributed by atoms with Gasteiger partial charge in [-0.2, -0.15) is 0 Å². The van der Waals surface area contributed by atoms with Gasteiger partial charge in [0.1, 0.15) is 6.61 Å². The van der Waals surface area contributed by atoms with E-state index in [0.717, 1.165) is 6.42 Å². The summed E-state index contributed by atoms with van der Waals surface area (Å²) < 4.78 is 10.2. The van der Waals surface area contributed by atoms with Gasteiger partial charge in [-0.15, -0.1) is 0 Å². The highest BCUT2D eigenvalue weighted by Gasteiger charge is 2.05. The zero-order valence-electron chi connectivity index (χ0n) is 11.6. The van der Waals surface area contributed by atoms with E-state index in [2.05, 4.69) is 15.6 Å². The molecule has 0 aromatic carbocycles. The van der Waals surface area contributed by atoms with Gasteiger partial charge in [-0.1, -0.05) is 6.92 Å². The number of amides is 2. The standard InChI is InChI=1S/C13H21N3O3/c1-4-10(2)15-13(17)16-11-5-6-12(14-9-11)19-8-7-18-3/h5-6,9-10H,4,7-8H2,1-3H3,(H2,15,16,17). The fourth-order valence-corrected chi connectivity index (χ4v) is 1.26. The monoisotopic (exact) mass is 267 g/mol. The first-order chi connectivity index (χ1) is 9.15. The van der Waals surface area contributed by atoms with Crippen molar-refractivity contribution in [3.63, 3.8) is 0 Å². The quantitative estimate of drug-likeness (QED) is 0.741. The number of hydrogen-bond acceptors (Lipinski definition) is 4. The van der Waals surface area contributed by atoms with E-state index in [9.17, 15) is 4.79 Å². The van der Waals surface area contributed by atoms with Crippen LogP contribution in [0.1, 0.15) is 20.3 Å². The van der Waals surface area contributed by atoms with Crippen LogP contribution in [-0.4, -0.2) is 37.4 Å². The molecule has 2 N–H and O–H groups in total. The number of carbonyl (C=O) groups excluding carboxylic acids is 1. The van der Waals surface area contributed by atoms with Gasteiger partial charge in [0.05, 0.1) is 18.5 Å². The highest BCUT2D eigenvalue weighted by Crippen LogP contribution is 2.11. The third kappa shape index (κ3) is 6.05. The first kappa shape index (κ1) is 15.2. The van der Waals surface area contributed by atoms with Gasteiger partial charge in [0, 0.05) is 19.2 Å². The third-order valence-electron chi connectivity index (χ3n) is 2.52. The van der Waals surface area contributed by atoms with Gasteiger partial charge in [-0.25, -0.2) is 9.78 Å². The van der Waals surface area contributed by atoms with Gasteiger partial charge in [-0.3, -0.25) is 0 Å². The van der Waals surface area contributed by atoms with Gasteiger partial charge in [0.2, 0.25) is 5.88 Å². The molecule has 1 aromatic rings. The van der Waals surface area contributed by atoms with E-state index >= 15 is 0 Å². The molecule has 0 bridgehead atoms. The molecule has 106 valence electrons. The Morgan fingerprint density at radius 2 is 2.21 bits per heavy atom. The van der Waals surface area contributed by atoms with Gasteiger partial charge in [0.25, 0.3) is 0 Å². The molecule has 1 atom stereocenters. The summed E-state index contributed by atoms with van der Waals surface area (Å²) in [7, 11) is 1.61. The molecule has 0 aliphatic rings. The van der Waals surface area contributed by atoms with Crippen molar-refractivity contribution in [2.75, 3.05) is 25.6 Å². The Hall–Kier alpha value is -1.82. The number of hydrogen-bond donors (Lipinski definition) is 2. The number of carbonyl (C=O) groups is 1. The second kappa shape index (κ2) is 8.31. The van der Waals surface area contributed by atoms with Crippen LogP contribution in [0.25, 0.3) is 0 Å². The summed E-state index contributed by atoms with van der Waals surface area (Å²) in [5.41, 5.74) is 0.625. The van der Waals surface area contributed by atoms with Crippen LogP contribution in [0.2, 0.25) is 0 Å². The Labute approximate surface area is 113 Å². The minimum atomic E-state index is -0.232. The van der Waals surface area contributed by atoms with Crippen molar-refractivity contribution in [2.45, 2.75) is 26.3 Å². The smallest absolute Gasteiger partial charge is 0.319 e. The Morgan fingerprint density at radius 3 is 2.79 bits per heavy atom. The third-order valence-corrected chi connectivity index (χ3v) is 2.52. The van der Waals surface area contributed by atoms with Crippen molar-refractivity contribution < 1.29 is 14.3 Å². The van der Waals surface area contributed by atoms with E-state index in [1.807, 2.05) is 13.8 Å². The van der Waals surface area contributed by atoms with Crippen LogP contribution in [0.3, 0.4) is 0 Å². The van der Waals surface area contributed by atoms with E-state index in [4.69, 9.17) is 9.47 Å². The van der Waals surface area contributed by atoms with E-state index in [0.29, 0.717) is 24.8 Å². The van der Waals surface area contributed by atoms with E-state index in [-0.39, 0.29) is 12.1 Å². The van der Waals surface area contributed by atoms with Gasteiger partial charge in [0.15, 0.2) is 0 Å². The van der Waals surface area contributed by atoms with Gasteiger partial charge < -0.3 is 20.1 Å².